The largest absolute Gasteiger partial charge is 0.462 e. The number of quaternary nitrogens is 1. The summed E-state index contributed by atoms with van der Waals surface area (Å²) in [7, 11) is 0. The summed E-state index contributed by atoms with van der Waals surface area (Å²) in [6.07, 6.45) is 0.579. The van der Waals surface area contributed by atoms with Crippen molar-refractivity contribution in [1.29, 1.82) is 0 Å². The van der Waals surface area contributed by atoms with Crippen LogP contribution < -0.4 is 5.73 Å². The van der Waals surface area contributed by atoms with Crippen LogP contribution in [-0.4, -0.2) is 18.6 Å². The van der Waals surface area contributed by atoms with Gasteiger partial charge in [-0.15, -0.1) is 0 Å². The summed E-state index contributed by atoms with van der Waals surface area (Å²) in [5.74, 6) is -0.257. The topological polar surface area (TPSA) is 53.9 Å². The zero-order valence-electron chi connectivity index (χ0n) is 8.70. The first kappa shape index (κ1) is 12.0. The molecule has 0 amide bonds. The van der Waals surface area contributed by atoms with E-state index in [0.29, 0.717) is 18.1 Å². The Bertz CT molecular complexity index is 324. The molecule has 0 saturated carbocycles. The number of hydrogen-bond donors (Lipinski definition) is 1. The van der Waals surface area contributed by atoms with E-state index in [2.05, 4.69) is 5.73 Å². The summed E-state index contributed by atoms with van der Waals surface area (Å²) in [5.41, 5.74) is 4.80. The van der Waals surface area contributed by atoms with Crippen molar-refractivity contribution in [3.63, 3.8) is 0 Å². The Morgan fingerprint density at radius 2 is 2.07 bits per heavy atom. The van der Waals surface area contributed by atoms with Crippen molar-refractivity contribution in [1.82, 2.24) is 0 Å². The van der Waals surface area contributed by atoms with E-state index in [-0.39, 0.29) is 12.0 Å². The van der Waals surface area contributed by atoms with E-state index in [0.717, 1.165) is 5.56 Å². The Kier molecular flexibility index (Phi) is 4.59. The van der Waals surface area contributed by atoms with Gasteiger partial charge in [-0.25, -0.2) is 4.79 Å². The minimum Gasteiger partial charge on any atom is -0.462 e. The SMILES string of the molecule is CCOC(=O)[C@H]([NH3+])Cc1ccc(Cl)cc1. The zero-order chi connectivity index (χ0) is 11.3. The van der Waals surface area contributed by atoms with Crippen LogP contribution in [0.4, 0.5) is 0 Å². The van der Waals surface area contributed by atoms with E-state index < -0.39 is 0 Å². The van der Waals surface area contributed by atoms with Crippen molar-refractivity contribution in [2.75, 3.05) is 6.61 Å². The highest BCUT2D eigenvalue weighted by molar-refractivity contribution is 6.30. The van der Waals surface area contributed by atoms with E-state index in [1.165, 1.54) is 0 Å². The van der Waals surface area contributed by atoms with Gasteiger partial charge in [0.05, 0.1) is 6.61 Å². The van der Waals surface area contributed by atoms with Gasteiger partial charge < -0.3 is 10.5 Å². The van der Waals surface area contributed by atoms with Crippen LogP contribution in [-0.2, 0) is 16.0 Å². The lowest BCUT2D eigenvalue weighted by molar-refractivity contribution is -0.407. The predicted octanol–water partition coefficient (Wildman–Crippen LogP) is 1.06. The third-order valence-corrected chi connectivity index (χ3v) is 2.27. The lowest BCUT2D eigenvalue weighted by Crippen LogP contribution is -2.66. The van der Waals surface area contributed by atoms with Crippen LogP contribution in [0.15, 0.2) is 24.3 Å². The third-order valence-electron chi connectivity index (χ3n) is 2.02. The molecule has 0 fully saturated rings. The van der Waals surface area contributed by atoms with Gasteiger partial charge in [-0.2, -0.15) is 0 Å². The van der Waals surface area contributed by atoms with Gasteiger partial charge in [0.2, 0.25) is 0 Å². The van der Waals surface area contributed by atoms with Gasteiger partial charge in [-0.05, 0) is 24.6 Å². The Labute approximate surface area is 94.2 Å². The molecule has 0 aromatic heterocycles. The molecule has 3 nitrogen and oxygen atoms in total. The fourth-order valence-corrected chi connectivity index (χ4v) is 1.37. The smallest absolute Gasteiger partial charge is 0.365 e. The second-order valence-corrected chi connectivity index (χ2v) is 3.72. The molecule has 4 heteroatoms. The van der Waals surface area contributed by atoms with Gasteiger partial charge >= 0.3 is 5.97 Å². The molecular formula is C11H15ClNO2+. The van der Waals surface area contributed by atoms with E-state index in [1.54, 1.807) is 19.1 Å². The molecule has 3 N–H and O–H groups in total. The molecule has 1 atom stereocenters. The molecule has 1 aromatic carbocycles. The molecule has 15 heavy (non-hydrogen) atoms. The maximum absolute atomic E-state index is 11.3. The Hall–Kier alpha value is -1.06. The van der Waals surface area contributed by atoms with Gasteiger partial charge in [0.15, 0.2) is 6.04 Å². The van der Waals surface area contributed by atoms with Crippen LogP contribution in [0.3, 0.4) is 0 Å². The van der Waals surface area contributed by atoms with Crippen LogP contribution in [0.25, 0.3) is 0 Å². The molecule has 0 saturated heterocycles. The molecule has 1 aromatic rings. The van der Waals surface area contributed by atoms with Gasteiger partial charge in [-0.1, -0.05) is 23.7 Å². The van der Waals surface area contributed by atoms with Crippen LogP contribution in [0.2, 0.25) is 5.02 Å². The molecule has 0 unspecified atom stereocenters. The van der Waals surface area contributed by atoms with Crippen LogP contribution in [0.5, 0.6) is 0 Å². The van der Waals surface area contributed by atoms with E-state index in [4.69, 9.17) is 16.3 Å². The van der Waals surface area contributed by atoms with Crippen molar-refractivity contribution in [3.8, 4) is 0 Å². The van der Waals surface area contributed by atoms with Gasteiger partial charge in [0.25, 0.3) is 0 Å². The molecular weight excluding hydrogens is 214 g/mol. The zero-order valence-corrected chi connectivity index (χ0v) is 9.46. The minimum atomic E-state index is -0.355. The average molecular weight is 229 g/mol. The molecule has 0 aliphatic rings. The maximum Gasteiger partial charge on any atom is 0.365 e. The van der Waals surface area contributed by atoms with Crippen molar-refractivity contribution in [2.45, 2.75) is 19.4 Å². The summed E-state index contributed by atoms with van der Waals surface area (Å²) in [6.45, 7) is 2.18. The Balaban J connectivity index is 2.54. The van der Waals surface area contributed by atoms with Gasteiger partial charge in [0.1, 0.15) is 0 Å². The summed E-state index contributed by atoms with van der Waals surface area (Å²) >= 11 is 5.75. The van der Waals surface area contributed by atoms with E-state index >= 15 is 0 Å². The second kappa shape index (κ2) is 5.73. The highest BCUT2D eigenvalue weighted by atomic mass is 35.5. The number of rotatable bonds is 4. The average Bonchev–Trinajstić information content (AvgIpc) is 2.22. The molecule has 0 heterocycles. The highest BCUT2D eigenvalue weighted by Crippen LogP contribution is 2.10. The second-order valence-electron chi connectivity index (χ2n) is 3.28. The van der Waals surface area contributed by atoms with Gasteiger partial charge in [0, 0.05) is 11.4 Å². The number of carbonyl (C=O) groups is 1. The normalized spacial score (nSPS) is 12.2. The van der Waals surface area contributed by atoms with E-state index in [1.807, 2.05) is 12.1 Å². The molecule has 0 aliphatic heterocycles. The first-order valence-corrected chi connectivity index (χ1v) is 5.25. The van der Waals surface area contributed by atoms with Crippen LogP contribution >= 0.6 is 11.6 Å². The van der Waals surface area contributed by atoms with Crippen molar-refractivity contribution in [2.24, 2.45) is 0 Å². The molecule has 0 spiro atoms. The summed E-state index contributed by atoms with van der Waals surface area (Å²) in [5, 5.41) is 0.690. The number of halogens is 1. The highest BCUT2D eigenvalue weighted by Gasteiger charge is 2.18. The van der Waals surface area contributed by atoms with Crippen molar-refractivity contribution >= 4 is 17.6 Å². The molecule has 1 rings (SSSR count). The molecule has 0 radical (unpaired) electrons. The molecule has 0 aliphatic carbocycles. The molecule has 82 valence electrons. The standard InChI is InChI=1S/C11H14ClNO2/c1-2-15-11(14)10(13)7-8-3-5-9(12)6-4-8/h3-6,10H,2,7,13H2,1H3/p+1/t10-/m1/s1. The Morgan fingerprint density at radius 1 is 1.47 bits per heavy atom. The number of benzene rings is 1. The predicted molar refractivity (Wildman–Crippen MR) is 58.5 cm³/mol. The number of carbonyl (C=O) groups excluding carboxylic acids is 1. The lowest BCUT2D eigenvalue weighted by Gasteiger charge is -2.07. The fraction of sp³-hybridized carbons (Fsp3) is 0.364. The summed E-state index contributed by atoms with van der Waals surface area (Å²) < 4.78 is 4.87. The first-order valence-electron chi connectivity index (χ1n) is 4.87. The maximum atomic E-state index is 11.3. The van der Waals surface area contributed by atoms with Crippen LogP contribution in [0.1, 0.15) is 12.5 Å². The van der Waals surface area contributed by atoms with Crippen LogP contribution in [0, 0.1) is 0 Å². The third kappa shape index (κ3) is 3.90. The van der Waals surface area contributed by atoms with E-state index in [9.17, 15) is 4.79 Å². The quantitative estimate of drug-likeness (QED) is 0.784. The lowest BCUT2D eigenvalue weighted by atomic mass is 10.1. The van der Waals surface area contributed by atoms with Gasteiger partial charge in [-0.3, -0.25) is 0 Å². The Morgan fingerprint density at radius 3 is 2.60 bits per heavy atom. The summed E-state index contributed by atoms with van der Waals surface area (Å²) in [4.78, 5) is 11.3. The summed E-state index contributed by atoms with van der Waals surface area (Å²) in [6, 6.07) is 7.02. The number of esters is 1. The van der Waals surface area contributed by atoms with Crippen molar-refractivity contribution in [3.05, 3.63) is 34.9 Å². The monoisotopic (exact) mass is 228 g/mol. The first-order chi connectivity index (χ1) is 7.13. The number of ether oxygens (including phenoxy) is 1. The number of hydrogen-bond acceptors (Lipinski definition) is 2. The minimum absolute atomic E-state index is 0.257. The fourth-order valence-electron chi connectivity index (χ4n) is 1.25. The van der Waals surface area contributed by atoms with Crippen molar-refractivity contribution < 1.29 is 15.3 Å². The molecule has 0 bridgehead atoms.